The monoisotopic (exact) mass is 482 g/mol. The Hall–Kier alpha value is -2.91. The van der Waals surface area contributed by atoms with Gasteiger partial charge >= 0.3 is 6.18 Å². The first-order valence-corrected chi connectivity index (χ1v) is 10.5. The van der Waals surface area contributed by atoms with Gasteiger partial charge in [0.2, 0.25) is 5.91 Å². The van der Waals surface area contributed by atoms with Gasteiger partial charge < -0.3 is 10.2 Å². The van der Waals surface area contributed by atoms with Crippen LogP contribution in [0, 0.1) is 5.82 Å². The van der Waals surface area contributed by atoms with Crippen molar-refractivity contribution >= 4 is 17.5 Å². The maximum absolute atomic E-state index is 14.4. The van der Waals surface area contributed by atoms with Crippen molar-refractivity contribution in [3.63, 3.8) is 0 Å². The van der Waals surface area contributed by atoms with Gasteiger partial charge in [-0.05, 0) is 56.9 Å². The van der Waals surface area contributed by atoms with Crippen LogP contribution in [-0.4, -0.2) is 34.7 Å². The second-order valence-electron chi connectivity index (χ2n) is 7.94. The summed E-state index contributed by atoms with van der Waals surface area (Å²) in [4.78, 5) is 14.5. The molecule has 1 heterocycles. The minimum atomic E-state index is -4.65. The number of benzene rings is 2. The zero-order chi connectivity index (χ0) is 24.3. The number of aromatic nitrogens is 2. The van der Waals surface area contributed by atoms with Crippen LogP contribution >= 0.6 is 11.6 Å². The molecule has 5 nitrogen and oxygen atoms in total. The number of nitrogens with zero attached hydrogens (tertiary/aromatic N) is 3. The standard InChI is InChI=1S/C23H23ClF4N4O/c1-14(15-7-8-16(13-31(2)3)20(25)9-15)22(33)29-12-19-11-21(23(26,27)28)30-32(19)18-6-4-5-17(24)10-18/h4-11,14H,12-13H2,1-3H3,(H,29,33). The fourth-order valence-electron chi connectivity index (χ4n) is 3.30. The van der Waals surface area contributed by atoms with E-state index >= 15 is 0 Å². The lowest BCUT2D eigenvalue weighted by molar-refractivity contribution is -0.141. The first kappa shape index (κ1) is 24.7. The third-order valence-electron chi connectivity index (χ3n) is 5.03. The highest BCUT2D eigenvalue weighted by Gasteiger charge is 2.35. The third kappa shape index (κ3) is 6.11. The average Bonchev–Trinajstić information content (AvgIpc) is 3.17. The molecule has 0 fully saturated rings. The van der Waals surface area contributed by atoms with E-state index in [9.17, 15) is 22.4 Å². The summed E-state index contributed by atoms with van der Waals surface area (Å²) in [6.07, 6.45) is -4.65. The van der Waals surface area contributed by atoms with Gasteiger partial charge in [0.05, 0.1) is 23.8 Å². The van der Waals surface area contributed by atoms with Crippen molar-refractivity contribution in [3.05, 3.63) is 81.9 Å². The molecule has 0 bridgehead atoms. The van der Waals surface area contributed by atoms with E-state index in [4.69, 9.17) is 11.6 Å². The number of carbonyl (C=O) groups excluding carboxylic acids is 1. The molecule has 10 heteroatoms. The maximum atomic E-state index is 14.4. The highest BCUT2D eigenvalue weighted by atomic mass is 35.5. The first-order chi connectivity index (χ1) is 15.5. The molecule has 33 heavy (non-hydrogen) atoms. The van der Waals surface area contributed by atoms with E-state index in [1.54, 1.807) is 37.3 Å². The number of amides is 1. The minimum Gasteiger partial charge on any atom is -0.350 e. The molecule has 1 aromatic heterocycles. The summed E-state index contributed by atoms with van der Waals surface area (Å²) in [5.74, 6) is -1.59. The Kier molecular flexibility index (Phi) is 7.44. The highest BCUT2D eigenvalue weighted by Crippen LogP contribution is 2.30. The lowest BCUT2D eigenvalue weighted by Crippen LogP contribution is -2.28. The largest absolute Gasteiger partial charge is 0.435 e. The Labute approximate surface area is 194 Å². The second kappa shape index (κ2) is 9.93. The van der Waals surface area contributed by atoms with Crippen molar-refractivity contribution in [2.45, 2.75) is 32.1 Å². The molecule has 3 rings (SSSR count). The summed E-state index contributed by atoms with van der Waals surface area (Å²) >= 11 is 5.97. The fraction of sp³-hybridized carbons (Fsp3) is 0.304. The Bertz CT molecular complexity index is 1140. The van der Waals surface area contributed by atoms with E-state index in [1.807, 2.05) is 19.0 Å². The van der Waals surface area contributed by atoms with Crippen molar-refractivity contribution in [2.75, 3.05) is 14.1 Å². The molecule has 2 aromatic carbocycles. The van der Waals surface area contributed by atoms with E-state index in [0.717, 1.165) is 10.7 Å². The Morgan fingerprint density at radius 2 is 1.91 bits per heavy atom. The SMILES string of the molecule is CC(C(=O)NCc1cc(C(F)(F)F)nn1-c1cccc(Cl)c1)c1ccc(CN(C)C)c(F)c1. The van der Waals surface area contributed by atoms with Gasteiger partial charge in [-0.2, -0.15) is 18.3 Å². The zero-order valence-electron chi connectivity index (χ0n) is 18.3. The van der Waals surface area contributed by atoms with Crippen molar-refractivity contribution in [1.29, 1.82) is 0 Å². The van der Waals surface area contributed by atoms with Crippen molar-refractivity contribution in [2.24, 2.45) is 0 Å². The van der Waals surface area contributed by atoms with Crippen molar-refractivity contribution in [3.8, 4) is 5.69 Å². The Balaban J connectivity index is 1.79. The molecule has 0 aliphatic heterocycles. The van der Waals surface area contributed by atoms with Crippen LogP contribution in [0.2, 0.25) is 5.02 Å². The smallest absolute Gasteiger partial charge is 0.350 e. The molecule has 1 N–H and O–H groups in total. The molecule has 0 aliphatic rings. The van der Waals surface area contributed by atoms with Gasteiger partial charge in [0.15, 0.2) is 5.69 Å². The summed E-state index contributed by atoms with van der Waals surface area (Å²) in [6.45, 7) is 1.81. The molecule has 176 valence electrons. The summed E-state index contributed by atoms with van der Waals surface area (Å²) < 4.78 is 55.2. The number of nitrogens with one attached hydrogen (secondary N) is 1. The van der Waals surface area contributed by atoms with E-state index in [2.05, 4.69) is 10.4 Å². The third-order valence-corrected chi connectivity index (χ3v) is 5.26. The van der Waals surface area contributed by atoms with Crippen LogP contribution in [0.1, 0.15) is 35.4 Å². The molecular weight excluding hydrogens is 460 g/mol. The van der Waals surface area contributed by atoms with Gasteiger partial charge in [-0.25, -0.2) is 9.07 Å². The molecule has 1 atom stereocenters. The number of hydrogen-bond acceptors (Lipinski definition) is 3. The van der Waals surface area contributed by atoms with Crippen LogP contribution in [-0.2, 0) is 24.1 Å². The van der Waals surface area contributed by atoms with Gasteiger partial charge in [0, 0.05) is 17.1 Å². The normalized spacial score (nSPS) is 12.8. The van der Waals surface area contributed by atoms with Crippen molar-refractivity contribution < 1.29 is 22.4 Å². The summed E-state index contributed by atoms with van der Waals surface area (Å²) in [5, 5.41) is 6.60. The molecule has 0 saturated heterocycles. The van der Waals surface area contributed by atoms with Gasteiger partial charge in [0.25, 0.3) is 0 Å². The zero-order valence-corrected chi connectivity index (χ0v) is 19.0. The van der Waals surface area contributed by atoms with Crippen LogP contribution in [0.15, 0.2) is 48.5 Å². The number of hydrogen-bond donors (Lipinski definition) is 1. The van der Waals surface area contributed by atoms with E-state index < -0.39 is 29.5 Å². The lowest BCUT2D eigenvalue weighted by Gasteiger charge is -2.16. The number of carbonyl (C=O) groups is 1. The minimum absolute atomic E-state index is 0.123. The highest BCUT2D eigenvalue weighted by molar-refractivity contribution is 6.30. The average molecular weight is 483 g/mol. The molecule has 0 aliphatic carbocycles. The fourth-order valence-corrected chi connectivity index (χ4v) is 3.48. The van der Waals surface area contributed by atoms with Crippen LogP contribution < -0.4 is 5.32 Å². The Morgan fingerprint density at radius 1 is 1.18 bits per heavy atom. The molecule has 0 spiro atoms. The van der Waals surface area contributed by atoms with Crippen molar-refractivity contribution in [1.82, 2.24) is 20.0 Å². The molecule has 0 radical (unpaired) electrons. The summed E-state index contributed by atoms with van der Waals surface area (Å²) in [6, 6.07) is 11.7. The number of rotatable bonds is 7. The maximum Gasteiger partial charge on any atom is 0.435 e. The predicted octanol–water partition coefficient (Wildman–Crippen LogP) is 5.17. The predicted molar refractivity (Wildman–Crippen MR) is 118 cm³/mol. The summed E-state index contributed by atoms with van der Waals surface area (Å²) in [7, 11) is 3.64. The molecular formula is C23H23ClF4N4O. The number of halogens is 5. The van der Waals surface area contributed by atoms with Crippen LogP contribution in [0.25, 0.3) is 5.69 Å². The lowest BCUT2D eigenvalue weighted by atomic mass is 9.98. The molecule has 0 saturated carbocycles. The summed E-state index contributed by atoms with van der Waals surface area (Å²) in [5.41, 5.74) is 0.332. The van der Waals surface area contributed by atoms with Gasteiger partial charge in [0.1, 0.15) is 5.82 Å². The van der Waals surface area contributed by atoms with Gasteiger partial charge in [-0.1, -0.05) is 29.8 Å². The topological polar surface area (TPSA) is 50.2 Å². The van der Waals surface area contributed by atoms with E-state index in [0.29, 0.717) is 28.4 Å². The van der Waals surface area contributed by atoms with Gasteiger partial charge in [-0.3, -0.25) is 4.79 Å². The number of alkyl halides is 3. The molecule has 1 amide bonds. The van der Waals surface area contributed by atoms with Crippen LogP contribution in [0.3, 0.4) is 0 Å². The first-order valence-electron chi connectivity index (χ1n) is 10.1. The van der Waals surface area contributed by atoms with E-state index in [-0.39, 0.29) is 12.2 Å². The van der Waals surface area contributed by atoms with Gasteiger partial charge in [-0.15, -0.1) is 0 Å². The van der Waals surface area contributed by atoms with Crippen LogP contribution in [0.4, 0.5) is 17.6 Å². The quantitative estimate of drug-likeness (QED) is 0.473. The van der Waals surface area contributed by atoms with Crippen LogP contribution in [0.5, 0.6) is 0 Å². The second-order valence-corrected chi connectivity index (χ2v) is 8.37. The van der Waals surface area contributed by atoms with E-state index in [1.165, 1.54) is 12.1 Å². The molecule has 3 aromatic rings. The Morgan fingerprint density at radius 3 is 2.52 bits per heavy atom. The molecule has 1 unspecified atom stereocenters.